The van der Waals surface area contributed by atoms with Gasteiger partial charge in [-0.1, -0.05) is 24.3 Å². The van der Waals surface area contributed by atoms with E-state index in [1.54, 1.807) is 16.9 Å². The van der Waals surface area contributed by atoms with Crippen molar-refractivity contribution in [3.05, 3.63) is 42.0 Å². The van der Waals surface area contributed by atoms with Gasteiger partial charge in [0.1, 0.15) is 11.4 Å². The molecule has 4 aliphatic heterocycles. The number of fused-ring (bicyclic) bond motifs is 1. The minimum Gasteiger partial charge on any atom is -0.497 e. The molecule has 2 unspecified atom stereocenters. The molecule has 1 N–H and O–H groups in total. The van der Waals surface area contributed by atoms with Crippen LogP contribution in [0.3, 0.4) is 0 Å². The van der Waals surface area contributed by atoms with Crippen LogP contribution >= 0.6 is 0 Å². The zero-order valence-corrected chi connectivity index (χ0v) is 16.9. The van der Waals surface area contributed by atoms with Gasteiger partial charge in [0.2, 0.25) is 17.7 Å². The molecule has 1 aromatic rings. The Balaban J connectivity index is 1.37. The minimum absolute atomic E-state index is 0.0488. The predicted octanol–water partition coefficient (Wildman–Crippen LogP) is 0.326. The van der Waals surface area contributed by atoms with Crippen molar-refractivity contribution in [3.63, 3.8) is 0 Å². The number of hydrogen-bond donors (Lipinski definition) is 1. The number of rotatable bonds is 4. The van der Waals surface area contributed by atoms with Gasteiger partial charge in [0, 0.05) is 32.6 Å². The summed E-state index contributed by atoms with van der Waals surface area (Å²) in [7, 11) is 1.61. The van der Waals surface area contributed by atoms with Gasteiger partial charge in [0.25, 0.3) is 0 Å². The maximum Gasteiger partial charge on any atom is 0.230 e. The van der Waals surface area contributed by atoms with Crippen LogP contribution in [0.4, 0.5) is 0 Å². The van der Waals surface area contributed by atoms with Crippen LogP contribution in [-0.4, -0.2) is 72.5 Å². The van der Waals surface area contributed by atoms with Crippen LogP contribution in [0.2, 0.25) is 0 Å². The van der Waals surface area contributed by atoms with E-state index in [0.29, 0.717) is 32.7 Å². The first kappa shape index (κ1) is 19.1. The first-order valence-corrected chi connectivity index (χ1v) is 10.4. The molecule has 0 saturated carbocycles. The van der Waals surface area contributed by atoms with E-state index in [2.05, 4.69) is 5.32 Å². The normalized spacial score (nSPS) is 32.2. The number of amides is 3. The van der Waals surface area contributed by atoms with Crippen LogP contribution in [-0.2, 0) is 25.7 Å². The SMILES string of the molecule is COc1cccc(CN2C[C@@]34C=C[C@@H](O3)C(C(=O)N3CCNC(=O)CC3)C4C2=O)c1. The van der Waals surface area contributed by atoms with Gasteiger partial charge < -0.3 is 24.6 Å². The van der Waals surface area contributed by atoms with Crippen molar-refractivity contribution in [2.45, 2.75) is 24.7 Å². The highest BCUT2D eigenvalue weighted by Crippen LogP contribution is 2.52. The third kappa shape index (κ3) is 2.98. The first-order chi connectivity index (χ1) is 14.5. The Hall–Kier alpha value is -2.87. The van der Waals surface area contributed by atoms with E-state index in [-0.39, 0.29) is 30.2 Å². The van der Waals surface area contributed by atoms with Crippen molar-refractivity contribution in [1.82, 2.24) is 15.1 Å². The van der Waals surface area contributed by atoms with Gasteiger partial charge in [-0.15, -0.1) is 0 Å². The zero-order chi connectivity index (χ0) is 20.9. The van der Waals surface area contributed by atoms with Crippen LogP contribution in [0, 0.1) is 11.8 Å². The second-order valence-electron chi connectivity index (χ2n) is 8.37. The minimum atomic E-state index is -0.735. The van der Waals surface area contributed by atoms with Gasteiger partial charge in [-0.2, -0.15) is 0 Å². The van der Waals surface area contributed by atoms with Crippen LogP contribution in [0.25, 0.3) is 0 Å². The second-order valence-corrected chi connectivity index (χ2v) is 8.37. The largest absolute Gasteiger partial charge is 0.497 e. The molecule has 4 aliphatic rings. The fraction of sp³-hybridized carbons (Fsp3) is 0.500. The molecule has 0 aliphatic carbocycles. The van der Waals surface area contributed by atoms with Crippen LogP contribution in [0.5, 0.6) is 5.75 Å². The molecule has 3 fully saturated rings. The standard InChI is InChI=1S/C22H25N3O5/c1-29-15-4-2-3-14(11-15)12-25-13-22-7-5-16(30-22)18(19(22)21(25)28)20(27)24-9-6-17(26)23-8-10-24/h2-5,7,11,16,18-19H,6,8-10,12-13H2,1H3,(H,23,26)/t16-,18?,19?,22-/m1/s1. The molecule has 3 saturated heterocycles. The summed E-state index contributed by atoms with van der Waals surface area (Å²) in [5, 5.41) is 2.79. The third-order valence-electron chi connectivity index (χ3n) is 6.60. The van der Waals surface area contributed by atoms with Crippen molar-refractivity contribution in [1.29, 1.82) is 0 Å². The summed E-state index contributed by atoms with van der Waals surface area (Å²) in [6, 6.07) is 7.64. The van der Waals surface area contributed by atoms with Crippen LogP contribution in [0.1, 0.15) is 12.0 Å². The Labute approximate surface area is 174 Å². The number of carbonyl (C=O) groups excluding carboxylic acids is 3. The first-order valence-electron chi connectivity index (χ1n) is 10.4. The Kier molecular flexibility index (Phi) is 4.54. The third-order valence-corrected chi connectivity index (χ3v) is 6.60. The summed E-state index contributed by atoms with van der Waals surface area (Å²) < 4.78 is 11.5. The lowest BCUT2D eigenvalue weighted by atomic mass is 9.76. The molecular weight excluding hydrogens is 386 g/mol. The monoisotopic (exact) mass is 411 g/mol. The van der Waals surface area contributed by atoms with Gasteiger partial charge in [0.15, 0.2) is 0 Å². The van der Waals surface area contributed by atoms with E-state index in [4.69, 9.17) is 9.47 Å². The summed E-state index contributed by atoms with van der Waals surface area (Å²) >= 11 is 0. The fourth-order valence-corrected chi connectivity index (χ4v) is 5.18. The molecule has 1 spiro atoms. The van der Waals surface area contributed by atoms with Crippen molar-refractivity contribution in [2.75, 3.05) is 33.3 Å². The Bertz CT molecular complexity index is 931. The van der Waals surface area contributed by atoms with E-state index in [0.717, 1.165) is 11.3 Å². The number of ether oxygens (including phenoxy) is 2. The average Bonchev–Trinajstić information content (AvgIpc) is 3.32. The molecule has 2 bridgehead atoms. The lowest BCUT2D eigenvalue weighted by Crippen LogP contribution is -2.47. The molecule has 30 heavy (non-hydrogen) atoms. The number of methoxy groups -OCH3 is 1. The highest BCUT2D eigenvalue weighted by atomic mass is 16.5. The molecule has 8 heteroatoms. The molecule has 0 radical (unpaired) electrons. The predicted molar refractivity (Wildman–Crippen MR) is 106 cm³/mol. The quantitative estimate of drug-likeness (QED) is 0.722. The maximum atomic E-state index is 13.4. The Morgan fingerprint density at radius 2 is 2.20 bits per heavy atom. The summed E-state index contributed by atoms with van der Waals surface area (Å²) in [4.78, 5) is 41.9. The van der Waals surface area contributed by atoms with E-state index in [1.165, 1.54) is 0 Å². The molecule has 1 aromatic carbocycles. The number of hydrogen-bond acceptors (Lipinski definition) is 5. The molecule has 4 atom stereocenters. The zero-order valence-electron chi connectivity index (χ0n) is 16.9. The van der Waals surface area contributed by atoms with E-state index < -0.39 is 17.4 Å². The lowest BCUT2D eigenvalue weighted by molar-refractivity contribution is -0.143. The van der Waals surface area contributed by atoms with E-state index in [9.17, 15) is 14.4 Å². The van der Waals surface area contributed by atoms with Crippen molar-refractivity contribution in [2.24, 2.45) is 11.8 Å². The van der Waals surface area contributed by atoms with Crippen LogP contribution < -0.4 is 10.1 Å². The van der Waals surface area contributed by atoms with E-state index in [1.807, 2.05) is 36.4 Å². The Morgan fingerprint density at radius 3 is 3.03 bits per heavy atom. The fourth-order valence-electron chi connectivity index (χ4n) is 5.18. The molecule has 4 heterocycles. The van der Waals surface area contributed by atoms with Gasteiger partial charge >= 0.3 is 0 Å². The van der Waals surface area contributed by atoms with Gasteiger partial charge in [-0.25, -0.2) is 0 Å². The topological polar surface area (TPSA) is 88.2 Å². The van der Waals surface area contributed by atoms with Crippen molar-refractivity contribution < 1.29 is 23.9 Å². The number of nitrogens with one attached hydrogen (secondary N) is 1. The van der Waals surface area contributed by atoms with Crippen molar-refractivity contribution in [3.8, 4) is 5.75 Å². The molecule has 158 valence electrons. The number of carbonyl (C=O) groups is 3. The van der Waals surface area contributed by atoms with Gasteiger partial charge in [-0.3, -0.25) is 14.4 Å². The van der Waals surface area contributed by atoms with E-state index >= 15 is 0 Å². The molecule has 3 amide bonds. The highest BCUT2D eigenvalue weighted by Gasteiger charge is 2.67. The lowest BCUT2D eigenvalue weighted by Gasteiger charge is -2.29. The number of nitrogens with zero attached hydrogens (tertiary/aromatic N) is 2. The van der Waals surface area contributed by atoms with Gasteiger partial charge in [-0.05, 0) is 17.7 Å². The molecule has 8 nitrogen and oxygen atoms in total. The molecular formula is C22H25N3O5. The number of likely N-dealkylation sites (tertiary alicyclic amines) is 1. The molecule has 5 rings (SSSR count). The summed E-state index contributed by atoms with van der Waals surface area (Å²) in [6.45, 7) is 2.14. The second kappa shape index (κ2) is 7.12. The van der Waals surface area contributed by atoms with Gasteiger partial charge in [0.05, 0.1) is 31.6 Å². The van der Waals surface area contributed by atoms with Crippen molar-refractivity contribution >= 4 is 17.7 Å². The summed E-state index contributed by atoms with van der Waals surface area (Å²) in [5.41, 5.74) is 0.235. The van der Waals surface area contributed by atoms with Crippen LogP contribution in [0.15, 0.2) is 36.4 Å². The average molecular weight is 411 g/mol. The summed E-state index contributed by atoms with van der Waals surface area (Å²) in [5.74, 6) is -0.501. The number of benzene rings is 1. The molecule has 0 aromatic heterocycles. The highest BCUT2D eigenvalue weighted by molar-refractivity contribution is 5.93. The summed E-state index contributed by atoms with van der Waals surface area (Å²) in [6.07, 6.45) is 3.79. The maximum absolute atomic E-state index is 13.4. The Morgan fingerprint density at radius 1 is 1.33 bits per heavy atom. The smallest absolute Gasteiger partial charge is 0.230 e.